The Hall–Kier alpha value is -1.84. The van der Waals surface area contributed by atoms with Crippen molar-refractivity contribution >= 4 is 17.5 Å². The number of nitrogens with zero attached hydrogens (tertiary/aromatic N) is 1. The Bertz CT molecular complexity index is 659. The lowest BCUT2D eigenvalue weighted by atomic mass is 9.95. The maximum Gasteiger partial charge on any atom is 0.227 e. The van der Waals surface area contributed by atoms with E-state index < -0.39 is 0 Å². The average Bonchev–Trinajstić information content (AvgIpc) is 2.92. The SMILES string of the molecule is N[C@@H]1CN(C(=O)Cc2ccccc2Cl)C[C@H]1c1ccccc1. The number of rotatable bonds is 3. The topological polar surface area (TPSA) is 46.3 Å². The molecule has 0 aromatic heterocycles. The van der Waals surface area contributed by atoms with Crippen LogP contribution in [0.3, 0.4) is 0 Å². The lowest BCUT2D eigenvalue weighted by Gasteiger charge is -2.17. The van der Waals surface area contributed by atoms with Gasteiger partial charge >= 0.3 is 0 Å². The molecule has 1 aliphatic heterocycles. The van der Waals surface area contributed by atoms with E-state index in [-0.39, 0.29) is 17.9 Å². The third-order valence-electron chi connectivity index (χ3n) is 4.25. The van der Waals surface area contributed by atoms with Gasteiger partial charge in [-0.2, -0.15) is 0 Å². The second-order valence-electron chi connectivity index (χ2n) is 5.75. The van der Waals surface area contributed by atoms with Crippen LogP contribution in [-0.4, -0.2) is 29.9 Å². The van der Waals surface area contributed by atoms with Crippen LogP contribution in [0.5, 0.6) is 0 Å². The van der Waals surface area contributed by atoms with Crippen molar-refractivity contribution in [3.05, 3.63) is 70.7 Å². The summed E-state index contributed by atoms with van der Waals surface area (Å²) in [5.74, 6) is 0.290. The summed E-state index contributed by atoms with van der Waals surface area (Å²) in [4.78, 5) is 14.4. The van der Waals surface area contributed by atoms with Crippen molar-refractivity contribution in [1.82, 2.24) is 4.90 Å². The van der Waals surface area contributed by atoms with Gasteiger partial charge in [-0.05, 0) is 17.2 Å². The predicted octanol–water partition coefficient (Wildman–Crippen LogP) is 2.84. The van der Waals surface area contributed by atoms with Crippen LogP contribution in [0.25, 0.3) is 0 Å². The van der Waals surface area contributed by atoms with Gasteiger partial charge in [0.2, 0.25) is 5.91 Å². The molecule has 2 aromatic carbocycles. The van der Waals surface area contributed by atoms with Gasteiger partial charge in [0.25, 0.3) is 0 Å². The molecule has 1 amide bonds. The van der Waals surface area contributed by atoms with Crippen molar-refractivity contribution in [1.29, 1.82) is 0 Å². The molecule has 2 atom stereocenters. The largest absolute Gasteiger partial charge is 0.340 e. The maximum atomic E-state index is 12.5. The highest BCUT2D eigenvalue weighted by atomic mass is 35.5. The zero-order chi connectivity index (χ0) is 15.5. The molecule has 0 spiro atoms. The van der Waals surface area contributed by atoms with E-state index in [0.29, 0.717) is 24.5 Å². The Morgan fingerprint density at radius 2 is 1.77 bits per heavy atom. The van der Waals surface area contributed by atoms with E-state index in [1.54, 1.807) is 0 Å². The zero-order valence-corrected chi connectivity index (χ0v) is 13.0. The van der Waals surface area contributed by atoms with E-state index in [0.717, 1.165) is 5.56 Å². The van der Waals surface area contributed by atoms with Crippen molar-refractivity contribution in [2.75, 3.05) is 13.1 Å². The standard InChI is InChI=1S/C18H19ClN2O/c19-16-9-5-4-8-14(16)10-18(22)21-11-15(17(20)12-21)13-6-2-1-3-7-13/h1-9,15,17H,10-12,20H2/t15-,17+/m0/s1. The van der Waals surface area contributed by atoms with E-state index in [1.807, 2.05) is 47.4 Å². The van der Waals surface area contributed by atoms with E-state index >= 15 is 0 Å². The summed E-state index contributed by atoms with van der Waals surface area (Å²) >= 11 is 6.13. The van der Waals surface area contributed by atoms with Crippen LogP contribution in [0, 0.1) is 0 Å². The molecule has 2 N–H and O–H groups in total. The van der Waals surface area contributed by atoms with Crippen LogP contribution in [0.15, 0.2) is 54.6 Å². The molecule has 3 nitrogen and oxygen atoms in total. The lowest BCUT2D eigenvalue weighted by Crippen LogP contribution is -2.33. The first kappa shape index (κ1) is 15.1. The van der Waals surface area contributed by atoms with Gasteiger partial charge in [0.15, 0.2) is 0 Å². The minimum absolute atomic E-state index is 0.0161. The number of carbonyl (C=O) groups is 1. The minimum Gasteiger partial charge on any atom is -0.340 e. The summed E-state index contributed by atoms with van der Waals surface area (Å²) in [6.45, 7) is 1.28. The molecular weight excluding hydrogens is 296 g/mol. The fraction of sp³-hybridized carbons (Fsp3) is 0.278. The molecule has 3 rings (SSSR count). The van der Waals surface area contributed by atoms with Gasteiger partial charge in [-0.1, -0.05) is 60.1 Å². The highest BCUT2D eigenvalue weighted by molar-refractivity contribution is 6.31. The number of carbonyl (C=O) groups excluding carboxylic acids is 1. The Kier molecular flexibility index (Phi) is 4.46. The highest BCUT2D eigenvalue weighted by Gasteiger charge is 2.33. The van der Waals surface area contributed by atoms with Crippen molar-refractivity contribution in [2.45, 2.75) is 18.4 Å². The van der Waals surface area contributed by atoms with Crippen molar-refractivity contribution in [3.8, 4) is 0 Å². The summed E-state index contributed by atoms with van der Waals surface area (Å²) < 4.78 is 0. The van der Waals surface area contributed by atoms with E-state index in [1.165, 1.54) is 5.56 Å². The van der Waals surface area contributed by atoms with Crippen LogP contribution in [-0.2, 0) is 11.2 Å². The Morgan fingerprint density at radius 3 is 2.50 bits per heavy atom. The molecule has 0 unspecified atom stereocenters. The van der Waals surface area contributed by atoms with Crippen molar-refractivity contribution < 1.29 is 4.79 Å². The van der Waals surface area contributed by atoms with Gasteiger partial charge in [-0.15, -0.1) is 0 Å². The van der Waals surface area contributed by atoms with Crippen molar-refractivity contribution in [2.24, 2.45) is 5.73 Å². The third kappa shape index (κ3) is 3.16. The Morgan fingerprint density at radius 1 is 1.09 bits per heavy atom. The summed E-state index contributed by atoms with van der Waals surface area (Å²) in [7, 11) is 0. The van der Waals surface area contributed by atoms with Crippen LogP contribution >= 0.6 is 11.6 Å². The van der Waals surface area contributed by atoms with Crippen LogP contribution in [0.2, 0.25) is 5.02 Å². The number of benzene rings is 2. The van der Waals surface area contributed by atoms with Crippen LogP contribution in [0.1, 0.15) is 17.0 Å². The Balaban J connectivity index is 1.69. The van der Waals surface area contributed by atoms with E-state index in [9.17, 15) is 4.79 Å². The zero-order valence-electron chi connectivity index (χ0n) is 12.3. The van der Waals surface area contributed by atoms with Crippen molar-refractivity contribution in [3.63, 3.8) is 0 Å². The number of hydrogen-bond donors (Lipinski definition) is 1. The summed E-state index contributed by atoms with van der Waals surface area (Å²) in [6, 6.07) is 17.6. The predicted molar refractivity (Wildman–Crippen MR) is 88.9 cm³/mol. The summed E-state index contributed by atoms with van der Waals surface area (Å²) in [6.07, 6.45) is 0.327. The van der Waals surface area contributed by atoms with Crippen LogP contribution in [0.4, 0.5) is 0 Å². The van der Waals surface area contributed by atoms with E-state index in [2.05, 4.69) is 12.1 Å². The molecule has 114 valence electrons. The fourth-order valence-corrected chi connectivity index (χ4v) is 3.20. The first-order chi connectivity index (χ1) is 10.6. The second kappa shape index (κ2) is 6.51. The smallest absolute Gasteiger partial charge is 0.227 e. The van der Waals surface area contributed by atoms with Gasteiger partial charge in [0, 0.05) is 30.1 Å². The van der Waals surface area contributed by atoms with E-state index in [4.69, 9.17) is 17.3 Å². The number of likely N-dealkylation sites (tertiary alicyclic amines) is 1. The number of halogens is 1. The maximum absolute atomic E-state index is 12.5. The molecule has 1 fully saturated rings. The molecule has 1 heterocycles. The van der Waals surface area contributed by atoms with Gasteiger partial charge in [0.1, 0.15) is 0 Å². The average molecular weight is 315 g/mol. The first-order valence-corrected chi connectivity index (χ1v) is 7.84. The summed E-state index contributed by atoms with van der Waals surface area (Å²) in [5, 5.41) is 0.638. The normalized spacial score (nSPS) is 21.1. The molecule has 4 heteroatoms. The quantitative estimate of drug-likeness (QED) is 0.947. The van der Waals surface area contributed by atoms with Gasteiger partial charge in [0.05, 0.1) is 6.42 Å². The van der Waals surface area contributed by atoms with Crippen LogP contribution < -0.4 is 5.73 Å². The third-order valence-corrected chi connectivity index (χ3v) is 4.61. The molecule has 0 aliphatic carbocycles. The molecule has 1 saturated heterocycles. The molecular formula is C18H19ClN2O. The molecule has 2 aromatic rings. The number of amides is 1. The monoisotopic (exact) mass is 314 g/mol. The lowest BCUT2D eigenvalue weighted by molar-refractivity contribution is -0.129. The molecule has 0 radical (unpaired) electrons. The molecule has 0 saturated carbocycles. The van der Waals surface area contributed by atoms with Gasteiger partial charge in [-0.25, -0.2) is 0 Å². The molecule has 22 heavy (non-hydrogen) atoms. The minimum atomic E-state index is -0.0161. The van der Waals surface area contributed by atoms with Gasteiger partial charge < -0.3 is 10.6 Å². The number of nitrogens with two attached hydrogens (primary N) is 1. The molecule has 1 aliphatic rings. The number of hydrogen-bond acceptors (Lipinski definition) is 2. The molecule has 0 bridgehead atoms. The highest BCUT2D eigenvalue weighted by Crippen LogP contribution is 2.27. The van der Waals surface area contributed by atoms with Gasteiger partial charge in [-0.3, -0.25) is 4.79 Å². The summed E-state index contributed by atoms with van der Waals surface area (Å²) in [5.41, 5.74) is 8.31. The second-order valence-corrected chi connectivity index (χ2v) is 6.16. The first-order valence-electron chi connectivity index (χ1n) is 7.47. The Labute approximate surface area is 135 Å². The fourth-order valence-electron chi connectivity index (χ4n) is 3.00.